The van der Waals surface area contributed by atoms with E-state index in [1.165, 1.54) is 13.8 Å². The summed E-state index contributed by atoms with van der Waals surface area (Å²) in [4.78, 5) is 11.0. The van der Waals surface area contributed by atoms with Crippen LogP contribution in [0.15, 0.2) is 24.3 Å². The molecule has 0 aliphatic heterocycles. The number of nitrogens with two attached hydrogens (primary N) is 1. The lowest BCUT2D eigenvalue weighted by atomic mass is 10.0. The van der Waals surface area contributed by atoms with Crippen molar-refractivity contribution in [2.75, 3.05) is 6.54 Å². The molecule has 4 nitrogen and oxygen atoms in total. The maximum atomic E-state index is 11.0. The van der Waals surface area contributed by atoms with Crippen molar-refractivity contribution in [2.24, 2.45) is 5.73 Å². The molecule has 0 fully saturated rings. The molecule has 0 aliphatic carbocycles. The van der Waals surface area contributed by atoms with E-state index < -0.39 is 11.6 Å². The molecule has 0 saturated heterocycles. The van der Waals surface area contributed by atoms with Gasteiger partial charge in [-0.15, -0.1) is 0 Å². The third-order valence-corrected chi connectivity index (χ3v) is 2.67. The van der Waals surface area contributed by atoms with Crippen molar-refractivity contribution < 1.29 is 14.6 Å². The molecular weight excluding hydrogens is 218 g/mol. The first-order chi connectivity index (χ1) is 7.86. The fourth-order valence-corrected chi connectivity index (χ4v) is 1.36. The second-order valence-corrected chi connectivity index (χ2v) is 4.63. The van der Waals surface area contributed by atoms with E-state index in [-0.39, 0.29) is 5.92 Å². The summed E-state index contributed by atoms with van der Waals surface area (Å²) >= 11 is 0. The minimum atomic E-state index is -1.23. The summed E-state index contributed by atoms with van der Waals surface area (Å²) in [7, 11) is 0. The van der Waals surface area contributed by atoms with Crippen LogP contribution in [0.5, 0.6) is 5.75 Å². The quantitative estimate of drug-likeness (QED) is 0.821. The predicted octanol–water partition coefficient (Wildman–Crippen LogP) is 1.99. The molecule has 17 heavy (non-hydrogen) atoms. The third-order valence-electron chi connectivity index (χ3n) is 2.67. The van der Waals surface area contributed by atoms with Gasteiger partial charge in [0.2, 0.25) is 0 Å². The fraction of sp³-hybridized carbons (Fsp3) is 0.462. The molecule has 0 heterocycles. The first-order valence-electron chi connectivity index (χ1n) is 5.59. The molecule has 1 rings (SSSR count). The Kier molecular flexibility index (Phi) is 4.12. The molecule has 3 N–H and O–H groups in total. The van der Waals surface area contributed by atoms with Gasteiger partial charge in [-0.1, -0.05) is 19.1 Å². The second kappa shape index (κ2) is 5.19. The van der Waals surface area contributed by atoms with Gasteiger partial charge in [-0.3, -0.25) is 0 Å². The number of hydrogen-bond donors (Lipinski definition) is 2. The van der Waals surface area contributed by atoms with Crippen molar-refractivity contribution in [3.05, 3.63) is 29.8 Å². The molecule has 0 aliphatic rings. The van der Waals surface area contributed by atoms with Gasteiger partial charge in [-0.2, -0.15) is 0 Å². The number of benzene rings is 1. The molecule has 0 bridgehead atoms. The van der Waals surface area contributed by atoms with E-state index in [1.807, 2.05) is 25.1 Å². The van der Waals surface area contributed by atoms with Crippen LogP contribution in [-0.2, 0) is 4.79 Å². The highest BCUT2D eigenvalue weighted by Gasteiger charge is 2.29. The highest BCUT2D eigenvalue weighted by atomic mass is 16.5. The van der Waals surface area contributed by atoms with Crippen LogP contribution in [0, 0.1) is 0 Å². The van der Waals surface area contributed by atoms with Crippen LogP contribution in [0.1, 0.15) is 32.3 Å². The minimum absolute atomic E-state index is 0.228. The highest BCUT2D eigenvalue weighted by molar-refractivity contribution is 5.76. The van der Waals surface area contributed by atoms with Crippen molar-refractivity contribution in [3.8, 4) is 5.75 Å². The number of rotatable bonds is 5. The summed E-state index contributed by atoms with van der Waals surface area (Å²) in [5, 5.41) is 8.98. The summed E-state index contributed by atoms with van der Waals surface area (Å²) in [6, 6.07) is 7.38. The summed E-state index contributed by atoms with van der Waals surface area (Å²) in [5.74, 6) is -0.212. The van der Waals surface area contributed by atoms with Crippen molar-refractivity contribution in [1.29, 1.82) is 0 Å². The van der Waals surface area contributed by atoms with Crippen molar-refractivity contribution in [1.82, 2.24) is 0 Å². The van der Waals surface area contributed by atoms with E-state index in [0.29, 0.717) is 12.3 Å². The molecule has 0 saturated carbocycles. The van der Waals surface area contributed by atoms with Gasteiger partial charge in [0.05, 0.1) is 0 Å². The lowest BCUT2D eigenvalue weighted by Crippen LogP contribution is -2.37. The van der Waals surface area contributed by atoms with Gasteiger partial charge in [0.1, 0.15) is 5.75 Å². The molecule has 94 valence electrons. The maximum Gasteiger partial charge on any atom is 0.347 e. The normalized spacial score (nSPS) is 13.2. The third kappa shape index (κ3) is 3.46. The van der Waals surface area contributed by atoms with Gasteiger partial charge in [0, 0.05) is 0 Å². The summed E-state index contributed by atoms with van der Waals surface area (Å²) in [5.41, 5.74) is 5.41. The van der Waals surface area contributed by atoms with E-state index in [1.54, 1.807) is 6.07 Å². The van der Waals surface area contributed by atoms with Gasteiger partial charge in [-0.05, 0) is 44.0 Å². The number of hydrogen-bond acceptors (Lipinski definition) is 3. The zero-order valence-corrected chi connectivity index (χ0v) is 10.4. The molecule has 1 aromatic carbocycles. The van der Waals surface area contributed by atoms with Crippen molar-refractivity contribution >= 4 is 5.97 Å². The molecular formula is C13H19NO3. The molecule has 0 amide bonds. The Labute approximate surface area is 101 Å². The van der Waals surface area contributed by atoms with Crippen LogP contribution in [-0.4, -0.2) is 23.2 Å². The Hall–Kier alpha value is -1.55. The zero-order chi connectivity index (χ0) is 13.1. The van der Waals surface area contributed by atoms with Crippen LogP contribution < -0.4 is 10.5 Å². The SMILES string of the molecule is CC(CN)c1cccc(OC(C)(C)C(=O)O)c1. The van der Waals surface area contributed by atoms with Gasteiger partial charge in [0.25, 0.3) is 0 Å². The molecule has 0 aromatic heterocycles. The molecule has 1 aromatic rings. The maximum absolute atomic E-state index is 11.0. The lowest BCUT2D eigenvalue weighted by molar-refractivity contribution is -0.152. The molecule has 4 heteroatoms. The molecule has 0 radical (unpaired) electrons. The number of aliphatic carboxylic acids is 1. The highest BCUT2D eigenvalue weighted by Crippen LogP contribution is 2.23. The Morgan fingerprint density at radius 2 is 2.18 bits per heavy atom. The van der Waals surface area contributed by atoms with E-state index in [2.05, 4.69) is 0 Å². The van der Waals surface area contributed by atoms with Gasteiger partial charge in [-0.25, -0.2) is 4.79 Å². The smallest absolute Gasteiger partial charge is 0.347 e. The Morgan fingerprint density at radius 3 is 2.71 bits per heavy atom. The van der Waals surface area contributed by atoms with E-state index in [0.717, 1.165) is 5.56 Å². The largest absolute Gasteiger partial charge is 0.478 e. The van der Waals surface area contributed by atoms with Crippen LogP contribution in [0.2, 0.25) is 0 Å². The molecule has 0 spiro atoms. The van der Waals surface area contributed by atoms with Gasteiger partial charge < -0.3 is 15.6 Å². The Morgan fingerprint density at radius 1 is 1.53 bits per heavy atom. The second-order valence-electron chi connectivity index (χ2n) is 4.63. The Balaban J connectivity index is 2.89. The van der Waals surface area contributed by atoms with Gasteiger partial charge in [0.15, 0.2) is 5.60 Å². The number of ether oxygens (including phenoxy) is 1. The standard InChI is InChI=1S/C13H19NO3/c1-9(8-14)10-5-4-6-11(7-10)17-13(2,3)12(15)16/h4-7,9H,8,14H2,1-3H3,(H,15,16). The average molecular weight is 237 g/mol. The fourth-order valence-electron chi connectivity index (χ4n) is 1.36. The summed E-state index contributed by atoms with van der Waals surface area (Å²) < 4.78 is 5.46. The number of carbonyl (C=O) groups is 1. The molecule has 1 atom stereocenters. The lowest BCUT2D eigenvalue weighted by Gasteiger charge is -2.22. The summed E-state index contributed by atoms with van der Waals surface area (Å²) in [6.07, 6.45) is 0. The first-order valence-corrected chi connectivity index (χ1v) is 5.59. The Bertz CT molecular complexity index is 401. The summed E-state index contributed by atoms with van der Waals surface area (Å²) in [6.45, 7) is 5.61. The van der Waals surface area contributed by atoms with Crippen molar-refractivity contribution in [3.63, 3.8) is 0 Å². The van der Waals surface area contributed by atoms with Crippen LogP contribution in [0.4, 0.5) is 0 Å². The van der Waals surface area contributed by atoms with Crippen LogP contribution in [0.3, 0.4) is 0 Å². The molecule has 1 unspecified atom stereocenters. The minimum Gasteiger partial charge on any atom is -0.478 e. The van der Waals surface area contributed by atoms with E-state index in [4.69, 9.17) is 15.6 Å². The van der Waals surface area contributed by atoms with E-state index in [9.17, 15) is 4.79 Å². The predicted molar refractivity (Wildman–Crippen MR) is 66.3 cm³/mol. The number of carboxylic acid groups (broad SMARTS) is 1. The topological polar surface area (TPSA) is 72.5 Å². The van der Waals surface area contributed by atoms with Crippen LogP contribution in [0.25, 0.3) is 0 Å². The first kappa shape index (κ1) is 13.5. The monoisotopic (exact) mass is 237 g/mol. The zero-order valence-electron chi connectivity index (χ0n) is 10.4. The van der Waals surface area contributed by atoms with Gasteiger partial charge >= 0.3 is 5.97 Å². The number of carboxylic acids is 1. The van der Waals surface area contributed by atoms with E-state index >= 15 is 0 Å². The average Bonchev–Trinajstić information content (AvgIpc) is 2.27. The van der Waals surface area contributed by atoms with Crippen molar-refractivity contribution in [2.45, 2.75) is 32.3 Å². The van der Waals surface area contributed by atoms with Crippen LogP contribution >= 0.6 is 0 Å².